The molecule has 0 aliphatic heterocycles. The van der Waals surface area contributed by atoms with Gasteiger partial charge in [-0.2, -0.15) is 0 Å². The molecule has 1 aromatic carbocycles. The van der Waals surface area contributed by atoms with E-state index in [-0.39, 0.29) is 11.8 Å². The second kappa shape index (κ2) is 6.14. The summed E-state index contributed by atoms with van der Waals surface area (Å²) in [6, 6.07) is 5.69. The first-order valence-electron chi connectivity index (χ1n) is 8.20. The summed E-state index contributed by atoms with van der Waals surface area (Å²) in [6.45, 7) is 4.13. The Labute approximate surface area is 145 Å². The molecule has 0 unspecified atom stereocenters. The number of imidazole rings is 1. The number of aromatic hydroxyl groups is 1. The van der Waals surface area contributed by atoms with Crippen LogP contribution < -0.4 is 5.73 Å². The molecule has 1 saturated carbocycles. The zero-order valence-corrected chi connectivity index (χ0v) is 13.7. The Morgan fingerprint density at radius 2 is 2.08 bits per heavy atom. The SMILES string of the molecule is C=C(c1cnc(-c2ccc(-n3ccnc3)cc2O)cn1)C1CC(N)C1. The minimum atomic E-state index is 0.150. The maximum Gasteiger partial charge on any atom is 0.127 e. The van der Waals surface area contributed by atoms with Gasteiger partial charge in [-0.3, -0.25) is 9.97 Å². The van der Waals surface area contributed by atoms with Crippen LogP contribution in [-0.2, 0) is 0 Å². The van der Waals surface area contributed by atoms with Crippen molar-refractivity contribution >= 4 is 5.57 Å². The van der Waals surface area contributed by atoms with Gasteiger partial charge < -0.3 is 15.4 Å². The first-order valence-corrected chi connectivity index (χ1v) is 8.20. The van der Waals surface area contributed by atoms with Crippen molar-refractivity contribution in [1.82, 2.24) is 19.5 Å². The van der Waals surface area contributed by atoms with Gasteiger partial charge in [0.2, 0.25) is 0 Å². The Balaban J connectivity index is 1.57. The summed E-state index contributed by atoms with van der Waals surface area (Å²) in [6.07, 6.45) is 10.5. The average molecular weight is 333 g/mol. The van der Waals surface area contributed by atoms with Crippen LogP contribution in [0, 0.1) is 5.92 Å². The molecule has 3 N–H and O–H groups in total. The normalized spacial score (nSPS) is 19.4. The fourth-order valence-electron chi connectivity index (χ4n) is 3.10. The molecular formula is C19H19N5O. The van der Waals surface area contributed by atoms with Crippen molar-refractivity contribution in [2.75, 3.05) is 0 Å². The van der Waals surface area contributed by atoms with Crippen LogP contribution in [0.3, 0.4) is 0 Å². The van der Waals surface area contributed by atoms with Gasteiger partial charge in [0, 0.05) is 30.1 Å². The number of hydrogen-bond donors (Lipinski definition) is 2. The summed E-state index contributed by atoms with van der Waals surface area (Å²) < 4.78 is 1.82. The molecule has 0 bridgehead atoms. The minimum Gasteiger partial charge on any atom is -0.507 e. The Hall–Kier alpha value is -2.99. The number of benzene rings is 1. The molecule has 0 saturated heterocycles. The molecule has 0 amide bonds. The van der Waals surface area contributed by atoms with E-state index < -0.39 is 0 Å². The standard InChI is InChI=1S/C19H19N5O/c1-12(13-6-14(20)7-13)17-9-23-18(10-22-17)16-3-2-15(8-19(16)25)24-5-4-21-11-24/h2-5,8-11,13-14,25H,1,6-7,20H2. The second-order valence-electron chi connectivity index (χ2n) is 6.41. The molecule has 6 nitrogen and oxygen atoms in total. The van der Waals surface area contributed by atoms with Crippen LogP contribution >= 0.6 is 0 Å². The lowest BCUT2D eigenvalue weighted by atomic mass is 9.75. The molecule has 1 aliphatic carbocycles. The highest BCUT2D eigenvalue weighted by Crippen LogP contribution is 2.36. The molecule has 0 atom stereocenters. The predicted molar refractivity (Wildman–Crippen MR) is 96.0 cm³/mol. The number of nitrogens with two attached hydrogens (primary N) is 1. The zero-order valence-electron chi connectivity index (χ0n) is 13.7. The number of nitrogens with zero attached hydrogens (tertiary/aromatic N) is 4. The van der Waals surface area contributed by atoms with E-state index in [1.165, 1.54) is 0 Å². The van der Waals surface area contributed by atoms with Crippen molar-refractivity contribution in [2.45, 2.75) is 18.9 Å². The van der Waals surface area contributed by atoms with Crippen LogP contribution in [0.2, 0.25) is 0 Å². The third kappa shape index (κ3) is 2.92. The molecule has 3 aromatic rings. The lowest BCUT2D eigenvalue weighted by molar-refractivity contribution is 0.334. The lowest BCUT2D eigenvalue weighted by Gasteiger charge is -2.33. The maximum absolute atomic E-state index is 10.4. The first-order chi connectivity index (χ1) is 12.1. The molecule has 126 valence electrons. The van der Waals surface area contributed by atoms with E-state index in [9.17, 15) is 5.11 Å². The predicted octanol–water partition coefficient (Wildman–Crippen LogP) is 2.79. The summed E-state index contributed by atoms with van der Waals surface area (Å²) in [5, 5.41) is 10.4. The molecular weight excluding hydrogens is 314 g/mol. The monoisotopic (exact) mass is 333 g/mol. The molecule has 1 aliphatic rings. The van der Waals surface area contributed by atoms with Gasteiger partial charge in [0.25, 0.3) is 0 Å². The summed E-state index contributed by atoms with van der Waals surface area (Å²) >= 11 is 0. The number of allylic oxidation sites excluding steroid dienone is 1. The van der Waals surface area contributed by atoms with Gasteiger partial charge >= 0.3 is 0 Å². The van der Waals surface area contributed by atoms with Crippen molar-refractivity contribution in [1.29, 1.82) is 0 Å². The number of rotatable bonds is 4. The van der Waals surface area contributed by atoms with Crippen molar-refractivity contribution in [3.63, 3.8) is 0 Å². The zero-order chi connectivity index (χ0) is 17.4. The minimum absolute atomic E-state index is 0.150. The van der Waals surface area contributed by atoms with Crippen molar-refractivity contribution < 1.29 is 5.11 Å². The Kier molecular flexibility index (Phi) is 3.82. The summed E-state index contributed by atoms with van der Waals surface area (Å²) in [5.74, 6) is 0.551. The maximum atomic E-state index is 10.4. The number of phenolic OH excluding ortho intramolecular Hbond substituents is 1. The van der Waals surface area contributed by atoms with E-state index in [0.717, 1.165) is 29.8 Å². The van der Waals surface area contributed by atoms with E-state index in [2.05, 4.69) is 21.5 Å². The van der Waals surface area contributed by atoms with E-state index in [1.807, 2.05) is 22.9 Å². The van der Waals surface area contributed by atoms with Gasteiger partial charge in [0.15, 0.2) is 0 Å². The van der Waals surface area contributed by atoms with Crippen molar-refractivity contribution in [3.8, 4) is 22.7 Å². The quantitative estimate of drug-likeness (QED) is 0.766. The lowest BCUT2D eigenvalue weighted by Crippen LogP contribution is -2.36. The van der Waals surface area contributed by atoms with E-state index >= 15 is 0 Å². The van der Waals surface area contributed by atoms with E-state index in [1.54, 1.807) is 31.0 Å². The molecule has 0 spiro atoms. The Morgan fingerprint density at radius 1 is 1.24 bits per heavy atom. The van der Waals surface area contributed by atoms with Gasteiger partial charge in [0.05, 0.1) is 35.8 Å². The molecule has 25 heavy (non-hydrogen) atoms. The van der Waals surface area contributed by atoms with Crippen LogP contribution in [0.4, 0.5) is 0 Å². The topological polar surface area (TPSA) is 89.8 Å². The van der Waals surface area contributed by atoms with Gasteiger partial charge in [-0.05, 0) is 36.5 Å². The molecule has 0 radical (unpaired) electrons. The van der Waals surface area contributed by atoms with Gasteiger partial charge in [0.1, 0.15) is 5.75 Å². The van der Waals surface area contributed by atoms with E-state index in [0.29, 0.717) is 17.2 Å². The van der Waals surface area contributed by atoms with Crippen molar-refractivity contribution in [2.24, 2.45) is 11.7 Å². The van der Waals surface area contributed by atoms with E-state index in [4.69, 9.17) is 5.73 Å². The highest BCUT2D eigenvalue weighted by molar-refractivity contribution is 5.69. The molecule has 2 heterocycles. The average Bonchev–Trinajstić information content (AvgIpc) is 3.13. The van der Waals surface area contributed by atoms with Crippen LogP contribution in [0.1, 0.15) is 18.5 Å². The smallest absolute Gasteiger partial charge is 0.127 e. The molecule has 6 heteroatoms. The van der Waals surface area contributed by atoms with Gasteiger partial charge in [-0.25, -0.2) is 4.98 Å². The number of hydrogen-bond acceptors (Lipinski definition) is 5. The van der Waals surface area contributed by atoms with Gasteiger partial charge in [-0.15, -0.1) is 0 Å². The van der Waals surface area contributed by atoms with Crippen molar-refractivity contribution in [3.05, 3.63) is 61.6 Å². The highest BCUT2D eigenvalue weighted by Gasteiger charge is 2.29. The van der Waals surface area contributed by atoms with Gasteiger partial charge in [-0.1, -0.05) is 6.58 Å². The second-order valence-corrected chi connectivity index (χ2v) is 6.41. The highest BCUT2D eigenvalue weighted by atomic mass is 16.3. The third-order valence-electron chi connectivity index (χ3n) is 4.71. The summed E-state index contributed by atoms with van der Waals surface area (Å²) in [5.41, 5.74) is 9.70. The summed E-state index contributed by atoms with van der Waals surface area (Å²) in [7, 11) is 0. The molecule has 1 fully saturated rings. The first kappa shape index (κ1) is 15.5. The number of phenols is 1. The van der Waals surface area contributed by atoms with Crippen LogP contribution in [-0.4, -0.2) is 30.7 Å². The Morgan fingerprint density at radius 3 is 2.68 bits per heavy atom. The van der Waals surface area contributed by atoms with Crippen LogP contribution in [0.15, 0.2) is 55.9 Å². The fraction of sp³-hybridized carbons (Fsp3) is 0.211. The third-order valence-corrected chi connectivity index (χ3v) is 4.71. The van der Waals surface area contributed by atoms with Crippen LogP contribution in [0.25, 0.3) is 22.5 Å². The Bertz CT molecular complexity index is 896. The molecule has 4 rings (SSSR count). The number of aromatic nitrogens is 4. The largest absolute Gasteiger partial charge is 0.507 e. The fourth-order valence-corrected chi connectivity index (χ4v) is 3.10. The van der Waals surface area contributed by atoms with Crippen LogP contribution in [0.5, 0.6) is 5.75 Å². The molecule has 2 aromatic heterocycles. The summed E-state index contributed by atoms with van der Waals surface area (Å²) in [4.78, 5) is 12.9.